The Morgan fingerprint density at radius 2 is 2.00 bits per heavy atom. The van der Waals surface area contributed by atoms with Gasteiger partial charge in [0.15, 0.2) is 12.0 Å². The van der Waals surface area contributed by atoms with Crippen molar-refractivity contribution in [2.45, 2.75) is 31.5 Å². The molecule has 1 saturated carbocycles. The maximum absolute atomic E-state index is 14.1. The van der Waals surface area contributed by atoms with Gasteiger partial charge in [-0.2, -0.15) is 0 Å². The molecule has 0 radical (unpaired) electrons. The Balaban J connectivity index is 1.72. The monoisotopic (exact) mass is 271 g/mol. The standard InChI is InChI=1S/C15H14FN3O/c16-11-8-12(9-4-2-1-3-5-9)19-15(11)17-14(18-19)13(20)10-6-7-10/h1-5,10-12H,6-8H2. The van der Waals surface area contributed by atoms with Gasteiger partial charge in [-0.15, -0.1) is 5.10 Å². The van der Waals surface area contributed by atoms with E-state index in [0.29, 0.717) is 12.2 Å². The van der Waals surface area contributed by atoms with Gasteiger partial charge < -0.3 is 0 Å². The summed E-state index contributed by atoms with van der Waals surface area (Å²) in [5.41, 5.74) is 1.00. The average molecular weight is 271 g/mol. The molecule has 2 aliphatic rings. The van der Waals surface area contributed by atoms with Crippen LogP contribution in [0, 0.1) is 5.92 Å². The van der Waals surface area contributed by atoms with Crippen molar-refractivity contribution >= 4 is 5.78 Å². The quantitative estimate of drug-likeness (QED) is 0.806. The van der Waals surface area contributed by atoms with E-state index in [4.69, 9.17) is 0 Å². The zero-order valence-electron chi connectivity index (χ0n) is 10.9. The van der Waals surface area contributed by atoms with Crippen LogP contribution in [0.2, 0.25) is 0 Å². The summed E-state index contributed by atoms with van der Waals surface area (Å²) in [5.74, 6) is 0.505. The fraction of sp³-hybridized carbons (Fsp3) is 0.400. The number of hydrogen-bond acceptors (Lipinski definition) is 3. The normalized spacial score (nSPS) is 24.6. The summed E-state index contributed by atoms with van der Waals surface area (Å²) >= 11 is 0. The van der Waals surface area contributed by atoms with Crippen LogP contribution in [0.15, 0.2) is 30.3 Å². The third kappa shape index (κ3) is 1.77. The lowest BCUT2D eigenvalue weighted by molar-refractivity contribution is 0.0956. The number of hydrogen-bond donors (Lipinski definition) is 0. The van der Waals surface area contributed by atoms with Crippen molar-refractivity contribution in [1.82, 2.24) is 14.8 Å². The van der Waals surface area contributed by atoms with E-state index in [9.17, 15) is 9.18 Å². The van der Waals surface area contributed by atoms with Crippen molar-refractivity contribution in [2.24, 2.45) is 5.92 Å². The van der Waals surface area contributed by atoms with Crippen LogP contribution in [0.5, 0.6) is 0 Å². The van der Waals surface area contributed by atoms with Crippen molar-refractivity contribution in [3.8, 4) is 0 Å². The largest absolute Gasteiger partial charge is 0.290 e. The minimum Gasteiger partial charge on any atom is -0.290 e. The van der Waals surface area contributed by atoms with Crippen LogP contribution in [0.4, 0.5) is 4.39 Å². The molecular formula is C15H14FN3O. The van der Waals surface area contributed by atoms with E-state index >= 15 is 0 Å². The fourth-order valence-electron chi connectivity index (χ4n) is 2.76. The van der Waals surface area contributed by atoms with Crippen molar-refractivity contribution in [1.29, 1.82) is 0 Å². The van der Waals surface area contributed by atoms with E-state index < -0.39 is 6.17 Å². The Hall–Kier alpha value is -2.04. The molecule has 2 unspecified atom stereocenters. The summed E-state index contributed by atoms with van der Waals surface area (Å²) in [4.78, 5) is 16.1. The number of nitrogens with zero attached hydrogens (tertiary/aromatic N) is 3. The van der Waals surface area contributed by atoms with Crippen molar-refractivity contribution in [2.75, 3.05) is 0 Å². The van der Waals surface area contributed by atoms with E-state index in [2.05, 4.69) is 10.1 Å². The number of halogens is 1. The van der Waals surface area contributed by atoms with E-state index in [1.54, 1.807) is 4.68 Å². The fourth-order valence-corrected chi connectivity index (χ4v) is 2.76. The predicted molar refractivity (Wildman–Crippen MR) is 70.1 cm³/mol. The lowest BCUT2D eigenvalue weighted by Gasteiger charge is -2.11. The van der Waals surface area contributed by atoms with E-state index in [1.807, 2.05) is 30.3 Å². The molecule has 1 fully saturated rings. The molecular weight excluding hydrogens is 257 g/mol. The zero-order chi connectivity index (χ0) is 13.7. The highest BCUT2D eigenvalue weighted by molar-refractivity contribution is 5.95. The Bertz CT molecular complexity index is 663. The van der Waals surface area contributed by atoms with Crippen LogP contribution in [-0.4, -0.2) is 20.5 Å². The maximum Gasteiger partial charge on any atom is 0.217 e. The van der Waals surface area contributed by atoms with Crippen LogP contribution >= 0.6 is 0 Å². The number of alkyl halides is 1. The van der Waals surface area contributed by atoms with Crippen LogP contribution in [-0.2, 0) is 0 Å². The average Bonchev–Trinajstić information content (AvgIpc) is 3.15. The molecule has 5 heteroatoms. The summed E-state index contributed by atoms with van der Waals surface area (Å²) in [5, 5.41) is 4.28. The van der Waals surface area contributed by atoms with E-state index in [-0.39, 0.29) is 23.6 Å². The Kier molecular flexibility index (Phi) is 2.49. The maximum atomic E-state index is 14.1. The van der Waals surface area contributed by atoms with Gasteiger partial charge >= 0.3 is 0 Å². The van der Waals surface area contributed by atoms with Crippen LogP contribution in [0.1, 0.15) is 53.5 Å². The van der Waals surface area contributed by atoms with Crippen LogP contribution < -0.4 is 0 Å². The number of fused-ring (bicyclic) bond motifs is 1. The highest BCUT2D eigenvalue weighted by atomic mass is 19.1. The molecule has 0 amide bonds. The summed E-state index contributed by atoms with van der Waals surface area (Å²) in [6.45, 7) is 0. The number of carbonyl (C=O) groups excluding carboxylic acids is 1. The van der Waals surface area contributed by atoms with Gasteiger partial charge in [-0.25, -0.2) is 14.1 Å². The van der Waals surface area contributed by atoms with Crippen molar-refractivity contribution in [3.05, 3.63) is 47.5 Å². The van der Waals surface area contributed by atoms with Gasteiger partial charge in [-0.05, 0) is 18.4 Å². The molecule has 102 valence electrons. The van der Waals surface area contributed by atoms with E-state index in [0.717, 1.165) is 18.4 Å². The molecule has 4 rings (SSSR count). The zero-order valence-corrected chi connectivity index (χ0v) is 10.9. The topological polar surface area (TPSA) is 47.8 Å². The smallest absolute Gasteiger partial charge is 0.217 e. The molecule has 0 N–H and O–H groups in total. The number of carbonyl (C=O) groups is 1. The van der Waals surface area contributed by atoms with Gasteiger partial charge in [-0.3, -0.25) is 4.79 Å². The molecule has 0 spiro atoms. The Labute approximate surface area is 115 Å². The molecule has 20 heavy (non-hydrogen) atoms. The summed E-state index contributed by atoms with van der Waals surface area (Å²) < 4.78 is 15.7. The lowest BCUT2D eigenvalue weighted by Crippen LogP contribution is -2.10. The molecule has 1 aliphatic heterocycles. The first-order valence-electron chi connectivity index (χ1n) is 6.93. The molecule has 4 nitrogen and oxygen atoms in total. The van der Waals surface area contributed by atoms with Gasteiger partial charge in [0.2, 0.25) is 11.6 Å². The second-order valence-corrected chi connectivity index (χ2v) is 5.51. The second-order valence-electron chi connectivity index (χ2n) is 5.51. The van der Waals surface area contributed by atoms with Gasteiger partial charge in [0.05, 0.1) is 6.04 Å². The molecule has 0 bridgehead atoms. The number of benzene rings is 1. The molecule has 2 heterocycles. The molecule has 1 aliphatic carbocycles. The lowest BCUT2D eigenvalue weighted by atomic mass is 10.0. The first-order valence-corrected chi connectivity index (χ1v) is 6.93. The molecule has 1 aromatic carbocycles. The highest BCUT2D eigenvalue weighted by Crippen LogP contribution is 2.40. The minimum absolute atomic E-state index is 0.0362. The number of Topliss-reactive ketones (excluding diaryl/α,β-unsaturated/α-hetero) is 1. The third-order valence-corrected chi connectivity index (χ3v) is 4.02. The first-order chi connectivity index (χ1) is 9.74. The first kappa shape index (κ1) is 11.8. The predicted octanol–water partition coefficient (Wildman–Crippen LogP) is 2.87. The SMILES string of the molecule is O=C(c1nc2n(n1)C(c1ccccc1)CC2F)C1CC1. The van der Waals surface area contributed by atoms with Crippen LogP contribution in [0.25, 0.3) is 0 Å². The third-order valence-electron chi connectivity index (χ3n) is 4.02. The minimum atomic E-state index is -1.14. The molecule has 0 saturated heterocycles. The van der Waals surface area contributed by atoms with Gasteiger partial charge in [-0.1, -0.05) is 30.3 Å². The van der Waals surface area contributed by atoms with Gasteiger partial charge in [0.25, 0.3) is 0 Å². The summed E-state index contributed by atoms with van der Waals surface area (Å²) in [6, 6.07) is 9.53. The second kappa shape index (κ2) is 4.23. The molecule has 1 aromatic heterocycles. The molecule has 2 aromatic rings. The summed E-state index contributed by atoms with van der Waals surface area (Å²) in [7, 11) is 0. The van der Waals surface area contributed by atoms with Gasteiger partial charge in [0.1, 0.15) is 0 Å². The van der Waals surface area contributed by atoms with Crippen molar-refractivity contribution < 1.29 is 9.18 Å². The number of rotatable bonds is 3. The van der Waals surface area contributed by atoms with Gasteiger partial charge in [0, 0.05) is 12.3 Å². The number of aromatic nitrogens is 3. The van der Waals surface area contributed by atoms with Crippen LogP contribution in [0.3, 0.4) is 0 Å². The summed E-state index contributed by atoms with van der Waals surface area (Å²) in [6.07, 6.45) is 1.01. The highest BCUT2D eigenvalue weighted by Gasteiger charge is 2.39. The number of ketones is 1. The van der Waals surface area contributed by atoms with E-state index in [1.165, 1.54) is 0 Å². The Morgan fingerprint density at radius 1 is 1.25 bits per heavy atom. The van der Waals surface area contributed by atoms with Crippen molar-refractivity contribution in [3.63, 3.8) is 0 Å². The molecule has 2 atom stereocenters. The Morgan fingerprint density at radius 3 is 2.70 bits per heavy atom.